The fourth-order valence-corrected chi connectivity index (χ4v) is 6.05. The van der Waals surface area contributed by atoms with Gasteiger partial charge >= 0.3 is 0 Å². The summed E-state index contributed by atoms with van der Waals surface area (Å²) in [7, 11) is 3.33. The van der Waals surface area contributed by atoms with Crippen LogP contribution in [0.25, 0.3) is 11.1 Å². The summed E-state index contributed by atoms with van der Waals surface area (Å²) in [5, 5.41) is 0. The van der Waals surface area contributed by atoms with Crippen molar-refractivity contribution in [3.05, 3.63) is 140 Å². The molecule has 5 aliphatic rings. The summed E-state index contributed by atoms with van der Waals surface area (Å²) in [4.78, 5) is 20.1. The van der Waals surface area contributed by atoms with Crippen molar-refractivity contribution < 1.29 is 9.47 Å². The van der Waals surface area contributed by atoms with Crippen LogP contribution in [0.4, 0.5) is 0 Å². The van der Waals surface area contributed by atoms with Gasteiger partial charge < -0.3 is 9.47 Å². The zero-order valence-corrected chi connectivity index (χ0v) is 25.8. The Balaban J connectivity index is 1.48. The van der Waals surface area contributed by atoms with E-state index < -0.39 is 0 Å². The van der Waals surface area contributed by atoms with E-state index in [1.54, 1.807) is 14.2 Å². The van der Waals surface area contributed by atoms with Gasteiger partial charge in [0.05, 0.1) is 68.8 Å². The Hall–Kier alpha value is -4.40. The number of benzene rings is 2. The van der Waals surface area contributed by atoms with E-state index in [0.29, 0.717) is 0 Å². The molecule has 6 nitrogen and oxygen atoms in total. The van der Waals surface area contributed by atoms with Gasteiger partial charge in [-0.05, 0) is 116 Å². The van der Waals surface area contributed by atoms with Crippen LogP contribution in [-0.2, 0) is 0 Å². The van der Waals surface area contributed by atoms with Crippen LogP contribution in [0.3, 0.4) is 0 Å². The van der Waals surface area contributed by atoms with Crippen LogP contribution in [0.1, 0.15) is 11.1 Å². The first-order valence-corrected chi connectivity index (χ1v) is 14.8. The van der Waals surface area contributed by atoms with Gasteiger partial charge in [-0.15, -0.1) is 0 Å². The van der Waals surface area contributed by atoms with Gasteiger partial charge in [-0.2, -0.15) is 0 Å². The average molecular weight is 678 g/mol. The molecule has 8 bridgehead atoms. The fraction of sp³-hybridized carbons (Fsp3) is 0.0588. The smallest absolute Gasteiger partial charge is 0.119 e. The van der Waals surface area contributed by atoms with E-state index in [1.807, 2.05) is 97.1 Å². The van der Waals surface area contributed by atoms with E-state index >= 15 is 0 Å². The SMILES string of the molecule is COc1cccc(C2=C3C=CC(=N3)C(Br)=C3C=CC(=N3)C(c3cccc(OC)c3)=C3C=CC(=N3)C(Br)=C3C=CC2=N3)c1. The van der Waals surface area contributed by atoms with Crippen molar-refractivity contribution in [2.45, 2.75) is 0 Å². The van der Waals surface area contributed by atoms with E-state index in [4.69, 9.17) is 29.4 Å². The monoisotopic (exact) mass is 676 g/mol. The molecule has 2 aromatic carbocycles. The van der Waals surface area contributed by atoms with Gasteiger partial charge in [-0.1, -0.05) is 24.3 Å². The van der Waals surface area contributed by atoms with E-state index in [9.17, 15) is 0 Å². The number of ether oxygens (including phenoxy) is 2. The molecule has 7 rings (SSSR count). The molecule has 8 heteroatoms. The first-order valence-electron chi connectivity index (χ1n) is 13.2. The van der Waals surface area contributed by atoms with Gasteiger partial charge in [-0.25, -0.2) is 20.0 Å². The Kier molecular flexibility index (Phi) is 6.80. The normalized spacial score (nSPS) is 18.8. The summed E-state index contributed by atoms with van der Waals surface area (Å²) in [6.45, 7) is 0. The minimum atomic E-state index is 0.760. The third-order valence-electron chi connectivity index (χ3n) is 7.20. The molecular weight excluding hydrogens is 656 g/mol. The second-order valence-electron chi connectivity index (χ2n) is 9.70. The third kappa shape index (κ3) is 4.66. The maximum Gasteiger partial charge on any atom is 0.119 e. The lowest BCUT2D eigenvalue weighted by atomic mass is 9.98. The maximum atomic E-state index is 5.53. The van der Waals surface area contributed by atoms with Gasteiger partial charge in [0, 0.05) is 11.1 Å². The number of methoxy groups -OCH3 is 2. The summed E-state index contributed by atoms with van der Waals surface area (Å²) >= 11 is 7.59. The lowest BCUT2D eigenvalue weighted by molar-refractivity contribution is 0.414. The van der Waals surface area contributed by atoms with Crippen LogP contribution in [0.2, 0.25) is 0 Å². The molecule has 0 fully saturated rings. The summed E-state index contributed by atoms with van der Waals surface area (Å²) in [6, 6.07) is 15.9. The van der Waals surface area contributed by atoms with Gasteiger partial charge in [0.15, 0.2) is 0 Å². The number of hydrogen-bond donors (Lipinski definition) is 0. The molecule has 0 radical (unpaired) electrons. The molecule has 0 spiro atoms. The van der Waals surface area contributed by atoms with E-state index in [1.165, 1.54) is 0 Å². The molecule has 2 aromatic rings. The highest BCUT2D eigenvalue weighted by molar-refractivity contribution is 9.12. The van der Waals surface area contributed by atoms with E-state index in [0.717, 1.165) is 88.4 Å². The van der Waals surface area contributed by atoms with Crippen molar-refractivity contribution in [1.82, 2.24) is 0 Å². The van der Waals surface area contributed by atoms with Crippen molar-refractivity contribution in [3.63, 3.8) is 0 Å². The van der Waals surface area contributed by atoms with E-state index in [-0.39, 0.29) is 0 Å². The van der Waals surface area contributed by atoms with Gasteiger partial charge in [-0.3, -0.25) is 0 Å². The Bertz CT molecular complexity index is 1820. The molecule has 5 heterocycles. The summed E-state index contributed by atoms with van der Waals surface area (Å²) in [5.74, 6) is 1.52. The molecule has 42 heavy (non-hydrogen) atoms. The van der Waals surface area contributed by atoms with Crippen LogP contribution < -0.4 is 9.47 Å². The number of rotatable bonds is 4. The standard InChI is InChI=1S/C34H22Br2N4O2/c1-41-21-7-3-5-19(17-21)31-23-9-13-27(37-23)33(35)29-15-11-25(39-29)32(20-6-4-8-22(18-20)42-2)26-12-16-30(40-26)34(36)28-14-10-24(31)38-28/h3-18H,1-2H3. The lowest BCUT2D eigenvalue weighted by Gasteiger charge is -2.11. The highest BCUT2D eigenvalue weighted by Gasteiger charge is 2.25. The minimum absolute atomic E-state index is 0.760. The molecule has 5 aliphatic heterocycles. The van der Waals surface area contributed by atoms with Crippen LogP contribution in [0.5, 0.6) is 11.5 Å². The number of hydrogen-bond acceptors (Lipinski definition) is 6. The largest absolute Gasteiger partial charge is 0.497 e. The van der Waals surface area contributed by atoms with Crippen LogP contribution in [-0.4, -0.2) is 37.1 Å². The van der Waals surface area contributed by atoms with Gasteiger partial charge in [0.2, 0.25) is 0 Å². The molecule has 0 atom stereocenters. The number of fused-ring (bicyclic) bond motifs is 4. The predicted octanol–water partition coefficient (Wildman–Crippen LogP) is 8.10. The quantitative estimate of drug-likeness (QED) is 0.328. The fourth-order valence-electron chi connectivity index (χ4n) is 5.17. The minimum Gasteiger partial charge on any atom is -0.497 e. The Labute approximate surface area is 260 Å². The van der Waals surface area contributed by atoms with Crippen molar-refractivity contribution in [2.24, 2.45) is 20.0 Å². The Morgan fingerprint density at radius 1 is 0.476 bits per heavy atom. The Morgan fingerprint density at radius 2 is 0.857 bits per heavy atom. The number of halogens is 2. The van der Waals surface area contributed by atoms with Crippen LogP contribution in [0.15, 0.2) is 149 Å². The zero-order chi connectivity index (χ0) is 28.8. The molecule has 204 valence electrons. The highest BCUT2D eigenvalue weighted by Crippen LogP contribution is 2.37. The summed E-state index contributed by atoms with van der Waals surface area (Å²) < 4.78 is 12.7. The van der Waals surface area contributed by atoms with Crippen molar-refractivity contribution in [3.8, 4) is 11.5 Å². The number of nitrogens with zero attached hydrogens (tertiary/aromatic N) is 4. The molecule has 0 saturated carbocycles. The first-order chi connectivity index (χ1) is 20.5. The molecule has 0 amide bonds. The molecule has 0 aliphatic carbocycles. The number of aliphatic imine (C=N–C) groups is 4. The summed E-state index contributed by atoms with van der Waals surface area (Å²) in [5.41, 5.74) is 10.0. The van der Waals surface area contributed by atoms with Gasteiger partial charge in [0.1, 0.15) is 11.5 Å². The molecule has 0 aromatic heterocycles. The second kappa shape index (κ2) is 10.8. The molecule has 0 unspecified atom stereocenters. The third-order valence-corrected chi connectivity index (χ3v) is 8.83. The predicted molar refractivity (Wildman–Crippen MR) is 178 cm³/mol. The van der Waals surface area contributed by atoms with Gasteiger partial charge in [0.25, 0.3) is 0 Å². The van der Waals surface area contributed by atoms with Crippen molar-refractivity contribution >= 4 is 65.9 Å². The topological polar surface area (TPSA) is 67.9 Å². The summed E-state index contributed by atoms with van der Waals surface area (Å²) in [6.07, 6.45) is 16.0. The zero-order valence-electron chi connectivity index (χ0n) is 22.6. The second-order valence-corrected chi connectivity index (χ2v) is 11.3. The van der Waals surface area contributed by atoms with Crippen molar-refractivity contribution in [1.29, 1.82) is 0 Å². The average Bonchev–Trinajstić information content (AvgIpc) is 3.85. The number of allylic oxidation sites excluding steroid dienone is 12. The highest BCUT2D eigenvalue weighted by atomic mass is 79.9. The van der Waals surface area contributed by atoms with Crippen LogP contribution >= 0.6 is 31.9 Å². The van der Waals surface area contributed by atoms with Crippen LogP contribution in [0, 0.1) is 0 Å². The van der Waals surface area contributed by atoms with Crippen molar-refractivity contribution in [2.75, 3.05) is 14.2 Å². The first kappa shape index (κ1) is 26.5. The molecule has 0 saturated heterocycles. The maximum absolute atomic E-state index is 5.53. The lowest BCUT2D eigenvalue weighted by Crippen LogP contribution is -2.02. The molecule has 0 N–H and O–H groups in total. The van der Waals surface area contributed by atoms with E-state index in [2.05, 4.69) is 31.9 Å². The Morgan fingerprint density at radius 3 is 1.29 bits per heavy atom. The molecular formula is C34H22Br2N4O2.